The second-order valence-corrected chi connectivity index (χ2v) is 16.5. The number of benzene rings is 6. The number of anilines is 4. The third kappa shape index (κ3) is 8.96. The molecular formula is C56H68N6O2+2. The molecule has 0 bridgehead atoms. The van der Waals surface area contributed by atoms with Gasteiger partial charge in [0.05, 0.1) is 12.1 Å². The van der Waals surface area contributed by atoms with Gasteiger partial charge in [-0.2, -0.15) is 0 Å². The molecule has 0 aromatic heterocycles. The van der Waals surface area contributed by atoms with E-state index in [-0.39, 0.29) is 0 Å². The minimum atomic E-state index is 0.771. The molecule has 2 aliphatic carbocycles. The van der Waals surface area contributed by atoms with Crippen LogP contribution >= 0.6 is 0 Å². The zero-order valence-corrected chi connectivity index (χ0v) is 39.8. The highest BCUT2D eigenvalue weighted by molar-refractivity contribution is 6.05. The lowest BCUT2D eigenvalue weighted by atomic mass is 9.90. The molecule has 0 unspecified atom stereocenters. The first-order valence-electron chi connectivity index (χ1n) is 23.4. The van der Waals surface area contributed by atoms with Gasteiger partial charge in [-0.15, -0.1) is 0 Å². The number of fused-ring (bicyclic) bond motifs is 4. The molecule has 8 rings (SSSR count). The zero-order chi connectivity index (χ0) is 45.7. The molecule has 0 amide bonds. The van der Waals surface area contributed by atoms with Crippen molar-refractivity contribution >= 4 is 44.7 Å². The van der Waals surface area contributed by atoms with E-state index in [0.717, 1.165) is 114 Å². The molecular weight excluding hydrogens is 789 g/mol. The predicted molar refractivity (Wildman–Crippen MR) is 275 cm³/mol. The van der Waals surface area contributed by atoms with Crippen molar-refractivity contribution in [1.29, 1.82) is 0 Å². The summed E-state index contributed by atoms with van der Waals surface area (Å²) in [5, 5.41) is 4.60. The maximum Gasteiger partial charge on any atom is 0.203 e. The number of nitrogens with two attached hydrogens (primary N) is 2. The third-order valence-corrected chi connectivity index (χ3v) is 12.9. The van der Waals surface area contributed by atoms with E-state index in [9.17, 15) is 0 Å². The molecule has 332 valence electrons. The highest BCUT2D eigenvalue weighted by atomic mass is 16.3. The van der Waals surface area contributed by atoms with Crippen LogP contribution in [-0.4, -0.2) is 52.4 Å². The molecule has 4 aromatic carbocycles. The molecule has 2 heterocycles. The first-order valence-corrected chi connectivity index (χ1v) is 23.4. The molecule has 4 N–H and O–H groups in total. The summed E-state index contributed by atoms with van der Waals surface area (Å²) in [5.41, 5.74) is 27.3. The lowest BCUT2D eigenvalue weighted by Crippen LogP contribution is -2.29. The van der Waals surface area contributed by atoms with Gasteiger partial charge >= 0.3 is 0 Å². The maximum absolute atomic E-state index is 6.55. The summed E-state index contributed by atoms with van der Waals surface area (Å²) >= 11 is 0. The Bertz CT molecular complexity index is 2990. The van der Waals surface area contributed by atoms with Crippen molar-refractivity contribution in [3.63, 3.8) is 0 Å². The molecule has 4 aliphatic rings. The molecule has 64 heavy (non-hydrogen) atoms. The number of hydrogen-bond donors (Lipinski definition) is 2. The van der Waals surface area contributed by atoms with Crippen LogP contribution in [-0.2, 0) is 0 Å². The van der Waals surface area contributed by atoms with Crippen LogP contribution in [0.4, 0.5) is 22.7 Å². The Morgan fingerprint density at radius 2 is 0.844 bits per heavy atom. The minimum Gasteiger partial charge on any atom is -0.456 e. The van der Waals surface area contributed by atoms with Crippen molar-refractivity contribution < 1.29 is 8.83 Å². The van der Waals surface area contributed by atoms with Crippen molar-refractivity contribution in [2.75, 3.05) is 73.6 Å². The molecule has 8 heteroatoms. The van der Waals surface area contributed by atoms with Gasteiger partial charge in [-0.3, -0.25) is 0 Å². The summed E-state index contributed by atoms with van der Waals surface area (Å²) in [6.45, 7) is 29.4. The zero-order valence-electron chi connectivity index (χ0n) is 39.8. The normalized spacial score (nSPS) is 11.3. The monoisotopic (exact) mass is 857 g/mol. The number of nitrogens with zero attached hydrogens (tertiary/aromatic N) is 4. The predicted octanol–water partition coefficient (Wildman–Crippen LogP) is 11.5. The Kier molecular flexibility index (Phi) is 14.1. The van der Waals surface area contributed by atoms with E-state index >= 15 is 0 Å². The lowest BCUT2D eigenvalue weighted by Gasteiger charge is -2.22. The second-order valence-electron chi connectivity index (χ2n) is 16.5. The quantitative estimate of drug-likeness (QED) is 0.0722. The van der Waals surface area contributed by atoms with E-state index in [1.165, 1.54) is 49.9 Å². The second kappa shape index (κ2) is 19.9. The smallest absolute Gasteiger partial charge is 0.203 e. The SMILES string of the molecule is CCN(CC)c1ccc2c(-c3cc(N)ccc3C)c3ccc(=[N+](CC)CC)cc-3oc2c1.CCN(CC)c1ccc2c(-c3ccc(N)cc3C)c3ccc(=[N+](CC)CC)cc-3oc2c1. The summed E-state index contributed by atoms with van der Waals surface area (Å²) in [7, 11) is 0. The molecule has 8 nitrogen and oxygen atoms in total. The van der Waals surface area contributed by atoms with E-state index < -0.39 is 0 Å². The van der Waals surface area contributed by atoms with Gasteiger partial charge in [0.25, 0.3) is 0 Å². The molecule has 0 saturated carbocycles. The van der Waals surface area contributed by atoms with Crippen molar-refractivity contribution in [3.8, 4) is 44.9 Å². The Morgan fingerprint density at radius 3 is 1.28 bits per heavy atom. The topological polar surface area (TPSA) is 90.8 Å². The van der Waals surface area contributed by atoms with Crippen molar-refractivity contribution in [2.45, 2.75) is 69.2 Å². The Balaban J connectivity index is 0.000000191. The fraction of sp³-hybridized carbons (Fsp3) is 0.321. The van der Waals surface area contributed by atoms with E-state index in [0.29, 0.717) is 0 Å². The van der Waals surface area contributed by atoms with Gasteiger partial charge < -0.3 is 30.1 Å². The number of rotatable bonds is 12. The minimum absolute atomic E-state index is 0.771. The van der Waals surface area contributed by atoms with Gasteiger partial charge in [-0.1, -0.05) is 12.1 Å². The largest absolute Gasteiger partial charge is 0.456 e. The summed E-state index contributed by atoms with van der Waals surface area (Å²) in [6.07, 6.45) is 0. The summed E-state index contributed by atoms with van der Waals surface area (Å²) < 4.78 is 17.8. The van der Waals surface area contributed by atoms with Gasteiger partial charge in [0.2, 0.25) is 10.7 Å². The highest BCUT2D eigenvalue weighted by Crippen LogP contribution is 2.44. The summed E-state index contributed by atoms with van der Waals surface area (Å²) in [4.78, 5) is 4.69. The van der Waals surface area contributed by atoms with E-state index in [2.05, 4.69) is 179 Å². The van der Waals surface area contributed by atoms with Gasteiger partial charge in [0, 0.05) is 106 Å². The van der Waals surface area contributed by atoms with Crippen molar-refractivity contribution in [3.05, 3.63) is 131 Å². The summed E-state index contributed by atoms with van der Waals surface area (Å²) in [5.74, 6) is 1.81. The highest BCUT2D eigenvalue weighted by Gasteiger charge is 2.22. The van der Waals surface area contributed by atoms with Gasteiger partial charge in [-0.25, -0.2) is 9.15 Å². The first-order chi connectivity index (χ1) is 31.0. The average Bonchev–Trinajstić information content (AvgIpc) is 3.30. The number of aryl methyl sites for hydroxylation is 2. The third-order valence-electron chi connectivity index (χ3n) is 12.9. The molecule has 0 spiro atoms. The van der Waals surface area contributed by atoms with E-state index in [1.54, 1.807) is 0 Å². The molecule has 2 aliphatic heterocycles. The molecule has 0 atom stereocenters. The van der Waals surface area contributed by atoms with E-state index in [1.807, 2.05) is 18.2 Å². The Labute approximate surface area is 380 Å². The Hall–Kier alpha value is -6.54. The van der Waals surface area contributed by atoms with Crippen LogP contribution in [0, 0.1) is 13.8 Å². The molecule has 0 radical (unpaired) electrons. The van der Waals surface area contributed by atoms with Crippen molar-refractivity contribution in [1.82, 2.24) is 9.15 Å². The van der Waals surface area contributed by atoms with Crippen LogP contribution in [0.25, 0.3) is 66.8 Å². The van der Waals surface area contributed by atoms with Gasteiger partial charge in [0.1, 0.15) is 48.9 Å². The number of nitrogen functional groups attached to an aromatic ring is 2. The maximum atomic E-state index is 6.55. The van der Waals surface area contributed by atoms with Gasteiger partial charge in [-0.05, 0) is 152 Å². The van der Waals surface area contributed by atoms with Crippen LogP contribution in [0.1, 0.15) is 66.5 Å². The first kappa shape index (κ1) is 45.5. The van der Waals surface area contributed by atoms with Crippen LogP contribution in [0.3, 0.4) is 0 Å². The molecule has 0 fully saturated rings. The fourth-order valence-electron chi connectivity index (χ4n) is 9.33. The fourth-order valence-corrected chi connectivity index (χ4v) is 9.33. The standard InChI is InChI=1S/C28H33N3O.C28H34N3O/c1-6-30(7-2)21-11-14-24-26(17-21)32-27-18-22(31(8-3)9-4)12-15-25(27)28(24)23-13-10-20(29)16-19(23)5;1-6-30(7-2)21-12-14-23-26(17-21)32-27-18-22(31(8-3)9-4)13-15-24(27)28(23)25-16-20(29)11-10-19(25)5/h10-18,29H,6-9H2,1-5H3;10-18H,6-9,29H2,1-5H3/q;+1/p+1. The van der Waals surface area contributed by atoms with Crippen LogP contribution in [0.15, 0.2) is 118 Å². The molecule has 0 saturated heterocycles. The average molecular weight is 857 g/mol. The Morgan fingerprint density at radius 1 is 0.422 bits per heavy atom. The van der Waals surface area contributed by atoms with Crippen LogP contribution in [0.2, 0.25) is 0 Å². The number of hydrogen-bond acceptors (Lipinski definition) is 6. The van der Waals surface area contributed by atoms with Gasteiger partial charge in [0.15, 0.2) is 0 Å². The van der Waals surface area contributed by atoms with E-state index in [4.69, 9.17) is 20.3 Å². The van der Waals surface area contributed by atoms with Crippen LogP contribution in [0.5, 0.6) is 0 Å². The lowest BCUT2D eigenvalue weighted by molar-refractivity contribution is 0.604. The van der Waals surface area contributed by atoms with Crippen LogP contribution < -0.4 is 41.1 Å². The summed E-state index contributed by atoms with van der Waals surface area (Å²) in [6, 6.07) is 38.6. The molecule has 4 aromatic rings. The van der Waals surface area contributed by atoms with Crippen molar-refractivity contribution in [2.24, 2.45) is 0 Å².